The van der Waals surface area contributed by atoms with E-state index in [1.54, 1.807) is 6.26 Å². The van der Waals surface area contributed by atoms with E-state index in [1.807, 2.05) is 57.2 Å². The molecule has 0 spiro atoms. The van der Waals surface area contributed by atoms with E-state index in [2.05, 4.69) is 37.3 Å². The van der Waals surface area contributed by atoms with Crippen molar-refractivity contribution in [3.8, 4) is 5.75 Å². The van der Waals surface area contributed by atoms with Crippen molar-refractivity contribution in [2.24, 2.45) is 5.41 Å². The zero-order valence-electron chi connectivity index (χ0n) is 17.1. The van der Waals surface area contributed by atoms with Gasteiger partial charge in [0, 0.05) is 5.56 Å². The lowest BCUT2D eigenvalue weighted by molar-refractivity contribution is -0.150. The molecule has 1 heterocycles. The van der Waals surface area contributed by atoms with E-state index in [-0.39, 0.29) is 5.97 Å². The quantitative estimate of drug-likeness (QED) is 0.578. The number of hydrogen-bond acceptors (Lipinski definition) is 3. The maximum absolute atomic E-state index is 12.6. The summed E-state index contributed by atoms with van der Waals surface area (Å²) in [5, 5.41) is 0. The second kappa shape index (κ2) is 8.05. The molecule has 0 N–H and O–H groups in total. The van der Waals surface area contributed by atoms with Gasteiger partial charge in [-0.05, 0) is 45.2 Å². The molecule has 1 atom stereocenters. The Labute approximate surface area is 167 Å². The van der Waals surface area contributed by atoms with E-state index in [0.717, 1.165) is 23.3 Å². The van der Waals surface area contributed by atoms with Crippen LogP contribution < -0.4 is 4.74 Å². The van der Waals surface area contributed by atoms with E-state index in [0.29, 0.717) is 12.2 Å². The molecule has 3 heteroatoms. The Morgan fingerprint density at radius 1 is 1.07 bits per heavy atom. The Morgan fingerprint density at radius 3 is 2.43 bits per heavy atom. The molecule has 146 valence electrons. The monoisotopic (exact) mass is 376 g/mol. The van der Waals surface area contributed by atoms with Crippen LogP contribution >= 0.6 is 0 Å². The molecule has 0 aromatic heterocycles. The van der Waals surface area contributed by atoms with Crippen LogP contribution in [0.3, 0.4) is 0 Å². The van der Waals surface area contributed by atoms with Gasteiger partial charge in [-0.25, -0.2) is 0 Å². The predicted octanol–water partition coefficient (Wildman–Crippen LogP) is 6.26. The molecule has 2 aromatic carbocycles. The fraction of sp³-hybridized carbons (Fsp3) is 0.320. The first kappa shape index (κ1) is 19.9. The number of ether oxygens (including phenoxy) is 2. The van der Waals surface area contributed by atoms with Gasteiger partial charge >= 0.3 is 5.97 Å². The summed E-state index contributed by atoms with van der Waals surface area (Å²) in [6, 6.07) is 18.2. The van der Waals surface area contributed by atoms with Crippen LogP contribution in [0.2, 0.25) is 0 Å². The van der Waals surface area contributed by atoms with E-state index >= 15 is 0 Å². The first-order valence-electron chi connectivity index (χ1n) is 9.77. The topological polar surface area (TPSA) is 35.5 Å². The van der Waals surface area contributed by atoms with E-state index in [1.165, 1.54) is 0 Å². The third-order valence-electron chi connectivity index (χ3n) is 5.16. The number of benzene rings is 2. The van der Waals surface area contributed by atoms with Crippen molar-refractivity contribution in [3.63, 3.8) is 0 Å². The zero-order valence-corrected chi connectivity index (χ0v) is 17.1. The van der Waals surface area contributed by atoms with Crippen molar-refractivity contribution in [2.45, 2.75) is 46.0 Å². The first-order valence-corrected chi connectivity index (χ1v) is 9.77. The summed E-state index contributed by atoms with van der Waals surface area (Å²) >= 11 is 0. The molecule has 3 nitrogen and oxygen atoms in total. The molecule has 0 bridgehead atoms. The number of fused-ring (bicyclic) bond motifs is 1. The summed E-state index contributed by atoms with van der Waals surface area (Å²) < 4.78 is 11.7. The molecule has 0 fully saturated rings. The van der Waals surface area contributed by atoms with E-state index in [4.69, 9.17) is 9.47 Å². The molecule has 0 unspecified atom stereocenters. The third-order valence-corrected chi connectivity index (χ3v) is 5.16. The van der Waals surface area contributed by atoms with Gasteiger partial charge in [-0.1, -0.05) is 67.6 Å². The zero-order chi connectivity index (χ0) is 20.2. The summed E-state index contributed by atoms with van der Waals surface area (Å²) in [6.07, 6.45) is 7.36. The summed E-state index contributed by atoms with van der Waals surface area (Å²) in [5.74, 6) is 1.13. The first-order chi connectivity index (χ1) is 13.4. The molecule has 0 saturated heterocycles. The lowest BCUT2D eigenvalue weighted by atomic mass is 9.72. The van der Waals surface area contributed by atoms with Gasteiger partial charge in [0.2, 0.25) is 0 Å². The third kappa shape index (κ3) is 4.04. The normalized spacial score (nSPS) is 18.9. The molecule has 0 amide bonds. The molecule has 2 aromatic rings. The van der Waals surface area contributed by atoms with Gasteiger partial charge in [-0.2, -0.15) is 0 Å². The lowest BCUT2D eigenvalue weighted by Gasteiger charge is -2.38. The van der Waals surface area contributed by atoms with Crippen LogP contribution in [0, 0.1) is 5.41 Å². The minimum atomic E-state index is -0.586. The maximum Gasteiger partial charge on any atom is 0.316 e. The van der Waals surface area contributed by atoms with Crippen LogP contribution in [-0.2, 0) is 14.9 Å². The molecule has 0 aliphatic carbocycles. The van der Waals surface area contributed by atoms with Gasteiger partial charge in [0.25, 0.3) is 0 Å². The highest BCUT2D eigenvalue weighted by molar-refractivity contribution is 5.77. The molecule has 3 rings (SSSR count). The number of esters is 1. The highest BCUT2D eigenvalue weighted by atomic mass is 16.6. The molecular formula is C25H28O3. The molecule has 28 heavy (non-hydrogen) atoms. The number of rotatable bonds is 5. The van der Waals surface area contributed by atoms with Crippen molar-refractivity contribution in [2.75, 3.05) is 0 Å². The van der Waals surface area contributed by atoms with Crippen LogP contribution in [0.25, 0.3) is 6.08 Å². The van der Waals surface area contributed by atoms with Gasteiger partial charge in [-0.15, -0.1) is 0 Å². The molecule has 0 saturated carbocycles. The second-order valence-corrected chi connectivity index (χ2v) is 8.19. The lowest BCUT2D eigenvalue weighted by Crippen LogP contribution is -2.35. The maximum atomic E-state index is 12.6. The Balaban J connectivity index is 1.97. The second-order valence-electron chi connectivity index (χ2n) is 8.19. The summed E-state index contributed by atoms with van der Waals surface area (Å²) in [6.45, 7) is 7.70. The van der Waals surface area contributed by atoms with Crippen LogP contribution in [0.1, 0.15) is 51.7 Å². The van der Waals surface area contributed by atoms with Crippen molar-refractivity contribution < 1.29 is 14.3 Å². The number of carbonyl (C=O) groups is 1. The van der Waals surface area contributed by atoms with Crippen LogP contribution in [0.5, 0.6) is 5.75 Å². The number of allylic oxidation sites excluding steroid dienone is 2. The fourth-order valence-electron chi connectivity index (χ4n) is 3.38. The van der Waals surface area contributed by atoms with Gasteiger partial charge < -0.3 is 9.47 Å². The Bertz CT molecular complexity index is 888. The highest BCUT2D eigenvalue weighted by Crippen LogP contribution is 2.47. The van der Waals surface area contributed by atoms with Crippen molar-refractivity contribution in [1.82, 2.24) is 0 Å². The number of hydrogen-bond donors (Lipinski definition) is 0. The van der Waals surface area contributed by atoms with E-state index < -0.39 is 10.8 Å². The Morgan fingerprint density at radius 2 is 1.75 bits per heavy atom. The summed E-state index contributed by atoms with van der Waals surface area (Å²) in [5.41, 5.74) is 1.17. The van der Waals surface area contributed by atoms with Crippen LogP contribution in [0.15, 0.2) is 72.7 Å². The van der Waals surface area contributed by atoms with Crippen LogP contribution in [0.4, 0.5) is 0 Å². The highest BCUT2D eigenvalue weighted by Gasteiger charge is 2.42. The van der Waals surface area contributed by atoms with Crippen molar-refractivity contribution in [1.29, 1.82) is 0 Å². The van der Waals surface area contributed by atoms with Gasteiger partial charge in [-0.3, -0.25) is 4.79 Å². The van der Waals surface area contributed by atoms with Gasteiger partial charge in [0.1, 0.15) is 12.0 Å². The molecule has 0 radical (unpaired) electrons. The van der Waals surface area contributed by atoms with Crippen molar-refractivity contribution >= 4 is 12.0 Å². The summed E-state index contributed by atoms with van der Waals surface area (Å²) in [7, 11) is 0. The molecule has 1 aliphatic rings. The van der Waals surface area contributed by atoms with Gasteiger partial charge in [0.05, 0.1) is 10.8 Å². The Hall–Kier alpha value is -2.81. The minimum Gasteiger partial charge on any atom is -0.461 e. The SMILES string of the molecule is CC[C@@]1(C/C=C\c2ccccc2)C(OC(=O)C(C)(C)C)=COc2ccccc21. The summed E-state index contributed by atoms with van der Waals surface area (Å²) in [4.78, 5) is 12.6. The smallest absolute Gasteiger partial charge is 0.316 e. The molecular weight excluding hydrogens is 348 g/mol. The number of carbonyl (C=O) groups excluding carboxylic acids is 1. The van der Waals surface area contributed by atoms with E-state index in [9.17, 15) is 4.79 Å². The Kier molecular flexibility index (Phi) is 5.73. The fourth-order valence-corrected chi connectivity index (χ4v) is 3.38. The predicted molar refractivity (Wildman–Crippen MR) is 113 cm³/mol. The van der Waals surface area contributed by atoms with Gasteiger partial charge in [0.15, 0.2) is 5.76 Å². The molecule has 1 aliphatic heterocycles. The minimum absolute atomic E-state index is 0.258. The largest absolute Gasteiger partial charge is 0.461 e. The van der Waals surface area contributed by atoms with Crippen molar-refractivity contribution in [3.05, 3.63) is 83.8 Å². The van der Waals surface area contributed by atoms with Crippen LogP contribution in [-0.4, -0.2) is 5.97 Å². The standard InChI is InChI=1S/C25H28O3/c1-5-25(17-11-14-19-12-7-6-8-13-19)20-15-9-10-16-21(20)27-18-22(25)28-23(26)24(2,3)4/h6-16,18H,5,17H2,1-4H3/b14-11-/t25-/m0/s1. The average molecular weight is 376 g/mol. The number of para-hydroxylation sites is 1. The average Bonchev–Trinajstić information content (AvgIpc) is 2.69.